The van der Waals surface area contributed by atoms with Crippen molar-refractivity contribution in [3.63, 3.8) is 0 Å². The van der Waals surface area contributed by atoms with Crippen LogP contribution in [0.4, 0.5) is 11.4 Å². The summed E-state index contributed by atoms with van der Waals surface area (Å²) in [5, 5.41) is 3.55. The van der Waals surface area contributed by atoms with E-state index < -0.39 is 6.04 Å². The molecule has 0 saturated carbocycles. The molecule has 2 amide bonds. The zero-order chi connectivity index (χ0) is 20.5. The van der Waals surface area contributed by atoms with Gasteiger partial charge in [-0.15, -0.1) is 0 Å². The molecular weight excluding hydrogens is 386 g/mol. The number of para-hydroxylation sites is 1. The van der Waals surface area contributed by atoms with Crippen molar-refractivity contribution in [2.75, 3.05) is 10.2 Å². The van der Waals surface area contributed by atoms with Crippen molar-refractivity contribution in [1.29, 1.82) is 0 Å². The molecule has 2 heterocycles. The van der Waals surface area contributed by atoms with Crippen LogP contribution in [0.15, 0.2) is 66.9 Å². The van der Waals surface area contributed by atoms with Gasteiger partial charge in [0.1, 0.15) is 0 Å². The minimum Gasteiger partial charge on any atom is -0.324 e. The fourth-order valence-corrected chi connectivity index (χ4v) is 3.85. The number of benzene rings is 2. The highest BCUT2D eigenvalue weighted by Crippen LogP contribution is 2.34. The predicted octanol–water partition coefficient (Wildman–Crippen LogP) is 3.97. The molecule has 6 heteroatoms. The standard InChI is InChI=1S/C23H20ClN3O2/c1-15-8-3-4-10-18(15)25-23(29)22-20-11-5-6-13-26(20)14-21(28)27(22)19-12-7-9-17(24)16(19)2/h3-13,22H,14H2,1-2H3/p+1. The van der Waals surface area contributed by atoms with Gasteiger partial charge in [-0.05, 0) is 43.2 Å². The molecule has 1 aromatic heterocycles. The molecule has 0 aliphatic carbocycles. The van der Waals surface area contributed by atoms with Gasteiger partial charge >= 0.3 is 0 Å². The number of amides is 2. The Morgan fingerprint density at radius 1 is 1.07 bits per heavy atom. The molecule has 146 valence electrons. The lowest BCUT2D eigenvalue weighted by Gasteiger charge is -2.33. The van der Waals surface area contributed by atoms with Crippen LogP contribution < -0.4 is 14.8 Å². The first-order chi connectivity index (χ1) is 14.0. The molecule has 0 radical (unpaired) electrons. The highest BCUT2D eigenvalue weighted by Gasteiger charge is 2.44. The predicted molar refractivity (Wildman–Crippen MR) is 113 cm³/mol. The number of halogens is 1. The van der Waals surface area contributed by atoms with Crippen molar-refractivity contribution >= 4 is 34.8 Å². The molecule has 0 fully saturated rings. The Bertz CT molecular complexity index is 1110. The largest absolute Gasteiger partial charge is 0.324 e. The minimum absolute atomic E-state index is 0.163. The Morgan fingerprint density at radius 2 is 1.83 bits per heavy atom. The van der Waals surface area contributed by atoms with E-state index in [0.29, 0.717) is 10.7 Å². The van der Waals surface area contributed by atoms with Gasteiger partial charge < -0.3 is 5.32 Å². The van der Waals surface area contributed by atoms with Crippen molar-refractivity contribution in [3.05, 3.63) is 88.7 Å². The Morgan fingerprint density at radius 3 is 2.62 bits per heavy atom. The summed E-state index contributed by atoms with van der Waals surface area (Å²) in [4.78, 5) is 28.2. The number of carbonyl (C=O) groups excluding carboxylic acids is 2. The van der Waals surface area contributed by atoms with Crippen LogP contribution in [0.25, 0.3) is 0 Å². The van der Waals surface area contributed by atoms with E-state index in [1.807, 2.05) is 73.1 Å². The number of pyridine rings is 1. The number of nitrogens with zero attached hydrogens (tertiary/aromatic N) is 2. The quantitative estimate of drug-likeness (QED) is 0.669. The molecule has 0 spiro atoms. The summed E-state index contributed by atoms with van der Waals surface area (Å²) >= 11 is 6.32. The number of aromatic nitrogens is 1. The molecule has 0 saturated heterocycles. The second kappa shape index (κ2) is 7.68. The molecule has 29 heavy (non-hydrogen) atoms. The fraction of sp³-hybridized carbons (Fsp3) is 0.174. The van der Waals surface area contributed by atoms with Crippen LogP contribution in [0.1, 0.15) is 22.9 Å². The molecule has 0 bridgehead atoms. The third-order valence-electron chi connectivity index (χ3n) is 5.24. The van der Waals surface area contributed by atoms with Crippen LogP contribution in [0.2, 0.25) is 5.02 Å². The van der Waals surface area contributed by atoms with E-state index in [9.17, 15) is 9.59 Å². The summed E-state index contributed by atoms with van der Waals surface area (Å²) in [6, 6.07) is 17.8. The SMILES string of the molecule is Cc1ccccc1NC(=O)C1c2cccc[n+]2CC(=O)N1c1cccc(Cl)c1C. The molecule has 5 nitrogen and oxygen atoms in total. The topological polar surface area (TPSA) is 53.3 Å². The van der Waals surface area contributed by atoms with Crippen LogP contribution in [-0.4, -0.2) is 11.8 Å². The summed E-state index contributed by atoms with van der Waals surface area (Å²) in [6.45, 7) is 3.95. The van der Waals surface area contributed by atoms with E-state index in [-0.39, 0.29) is 18.4 Å². The minimum atomic E-state index is -0.811. The number of anilines is 2. The van der Waals surface area contributed by atoms with E-state index in [1.165, 1.54) is 0 Å². The molecule has 4 rings (SSSR count). The first kappa shape index (κ1) is 19.2. The Kier molecular flexibility index (Phi) is 5.07. The van der Waals surface area contributed by atoms with E-state index in [4.69, 9.17) is 11.6 Å². The normalized spacial score (nSPS) is 15.8. The van der Waals surface area contributed by atoms with Gasteiger partial charge in [0, 0.05) is 28.5 Å². The fourth-order valence-electron chi connectivity index (χ4n) is 3.68. The molecule has 1 N–H and O–H groups in total. The number of aryl methyl sites for hydroxylation is 1. The van der Waals surface area contributed by atoms with E-state index in [2.05, 4.69) is 5.32 Å². The average molecular weight is 407 g/mol. The van der Waals surface area contributed by atoms with Crippen molar-refractivity contribution in [2.45, 2.75) is 26.4 Å². The number of hydrogen-bond acceptors (Lipinski definition) is 2. The third kappa shape index (κ3) is 3.49. The first-order valence-corrected chi connectivity index (χ1v) is 9.77. The molecule has 1 aliphatic heterocycles. The van der Waals surface area contributed by atoms with Gasteiger partial charge in [0.15, 0.2) is 6.20 Å². The van der Waals surface area contributed by atoms with Crippen molar-refractivity contribution in [2.24, 2.45) is 0 Å². The van der Waals surface area contributed by atoms with E-state index >= 15 is 0 Å². The van der Waals surface area contributed by atoms with Crippen molar-refractivity contribution in [3.8, 4) is 0 Å². The van der Waals surface area contributed by atoms with Crippen molar-refractivity contribution in [1.82, 2.24) is 0 Å². The number of hydrogen-bond donors (Lipinski definition) is 1. The molecular formula is C23H21ClN3O2+. The van der Waals surface area contributed by atoms with Crippen LogP contribution in [-0.2, 0) is 16.1 Å². The van der Waals surface area contributed by atoms with Gasteiger partial charge in [0.2, 0.25) is 18.3 Å². The van der Waals surface area contributed by atoms with E-state index in [0.717, 1.165) is 22.5 Å². The summed E-state index contributed by atoms with van der Waals surface area (Å²) in [5.41, 5.74) is 3.83. The Hall–Kier alpha value is -3.18. The Labute approximate surface area is 174 Å². The molecule has 1 aliphatic rings. The number of rotatable bonds is 3. The third-order valence-corrected chi connectivity index (χ3v) is 5.65. The van der Waals surface area contributed by atoms with Gasteiger partial charge in [-0.1, -0.05) is 41.9 Å². The molecule has 1 atom stereocenters. The molecule has 3 aromatic rings. The molecule has 1 unspecified atom stereocenters. The van der Waals surface area contributed by atoms with Crippen LogP contribution in [0.5, 0.6) is 0 Å². The highest BCUT2D eigenvalue weighted by atomic mass is 35.5. The monoisotopic (exact) mass is 406 g/mol. The smallest absolute Gasteiger partial charge is 0.294 e. The zero-order valence-electron chi connectivity index (χ0n) is 16.2. The summed E-state index contributed by atoms with van der Waals surface area (Å²) < 4.78 is 1.82. The van der Waals surface area contributed by atoms with Crippen LogP contribution >= 0.6 is 11.6 Å². The Balaban J connectivity index is 1.83. The highest BCUT2D eigenvalue weighted by molar-refractivity contribution is 6.31. The summed E-state index contributed by atoms with van der Waals surface area (Å²) in [5.74, 6) is -0.435. The summed E-state index contributed by atoms with van der Waals surface area (Å²) in [7, 11) is 0. The van der Waals surface area contributed by atoms with Gasteiger partial charge in [0.05, 0.1) is 0 Å². The first-order valence-electron chi connectivity index (χ1n) is 9.39. The number of fused-ring (bicyclic) bond motifs is 1. The lowest BCUT2D eigenvalue weighted by molar-refractivity contribution is -0.695. The second-order valence-corrected chi connectivity index (χ2v) is 7.52. The zero-order valence-corrected chi connectivity index (χ0v) is 17.0. The van der Waals surface area contributed by atoms with Gasteiger partial charge in [-0.25, -0.2) is 0 Å². The molecule has 2 aromatic carbocycles. The maximum absolute atomic E-state index is 13.5. The van der Waals surface area contributed by atoms with E-state index in [1.54, 1.807) is 17.0 Å². The maximum Gasteiger partial charge on any atom is 0.294 e. The van der Waals surface area contributed by atoms with Gasteiger partial charge in [0.25, 0.3) is 11.8 Å². The van der Waals surface area contributed by atoms with Crippen LogP contribution in [0.3, 0.4) is 0 Å². The number of carbonyl (C=O) groups is 2. The van der Waals surface area contributed by atoms with Crippen molar-refractivity contribution < 1.29 is 14.2 Å². The lowest BCUT2D eigenvalue weighted by atomic mass is 10.0. The van der Waals surface area contributed by atoms with Gasteiger partial charge in [-0.2, -0.15) is 4.57 Å². The second-order valence-electron chi connectivity index (χ2n) is 7.11. The lowest BCUT2D eigenvalue weighted by Crippen LogP contribution is -2.58. The average Bonchev–Trinajstić information content (AvgIpc) is 2.71. The summed E-state index contributed by atoms with van der Waals surface area (Å²) in [6.07, 6.45) is 1.82. The number of nitrogens with one attached hydrogen (secondary N) is 1. The maximum atomic E-state index is 13.5. The van der Waals surface area contributed by atoms with Crippen LogP contribution in [0, 0.1) is 13.8 Å². The van der Waals surface area contributed by atoms with Gasteiger partial charge in [-0.3, -0.25) is 14.5 Å².